The molecule has 54 heavy (non-hydrogen) atoms. The van der Waals surface area contributed by atoms with Gasteiger partial charge in [0, 0.05) is 68.8 Å². The topological polar surface area (TPSA) is 89.5 Å². The molecule has 0 radical (unpaired) electrons. The van der Waals surface area contributed by atoms with Crippen molar-refractivity contribution in [2.75, 3.05) is 29.5 Å². The quantitative estimate of drug-likeness (QED) is 0.0627. The van der Waals surface area contributed by atoms with E-state index in [0.717, 1.165) is 64.8 Å². The largest absolute Gasteiger partial charge is 0.748 e. The van der Waals surface area contributed by atoms with Gasteiger partial charge in [0.15, 0.2) is 5.71 Å². The minimum atomic E-state index is -4.21. The zero-order chi connectivity index (χ0) is 39.1. The van der Waals surface area contributed by atoms with Gasteiger partial charge in [0.25, 0.3) is 0 Å². The van der Waals surface area contributed by atoms with Gasteiger partial charge in [-0.2, -0.15) is 4.58 Å². The van der Waals surface area contributed by atoms with Gasteiger partial charge in [-0.05, 0) is 105 Å². The highest BCUT2D eigenvalue weighted by atomic mass is 35.5. The van der Waals surface area contributed by atoms with Crippen molar-refractivity contribution in [2.45, 2.75) is 102 Å². The maximum Gasteiger partial charge on any atom is 0.209 e. The van der Waals surface area contributed by atoms with E-state index in [-0.39, 0.29) is 16.6 Å². The smallest absolute Gasteiger partial charge is 0.209 e. The Kier molecular flexibility index (Phi) is 13.8. The predicted molar refractivity (Wildman–Crippen MR) is 230 cm³/mol. The monoisotopic (exact) mass is 785 g/mol. The number of anilines is 2. The lowest BCUT2D eigenvalue weighted by Gasteiger charge is -2.27. The van der Waals surface area contributed by atoms with Crippen LogP contribution in [0.5, 0.6) is 0 Å². The maximum absolute atomic E-state index is 11.2. The Morgan fingerprint density at radius 3 is 2.24 bits per heavy atom. The fourth-order valence-electron chi connectivity index (χ4n) is 7.87. The Labute approximate surface area is 334 Å². The fourth-order valence-corrected chi connectivity index (χ4v) is 8.90. The number of para-hydroxylation sites is 2. The van der Waals surface area contributed by atoms with Gasteiger partial charge in [0.05, 0.1) is 15.5 Å². The van der Waals surface area contributed by atoms with E-state index in [1.54, 1.807) is 0 Å². The maximum atomic E-state index is 11.2. The van der Waals surface area contributed by atoms with Gasteiger partial charge in [-0.3, -0.25) is 0 Å². The second-order valence-corrected chi connectivity index (χ2v) is 17.9. The molecule has 6 nitrogen and oxygen atoms in total. The average molecular weight is 787 g/mol. The lowest BCUT2D eigenvalue weighted by molar-refractivity contribution is -0.438. The van der Waals surface area contributed by atoms with E-state index in [1.165, 1.54) is 40.9 Å². The molecule has 3 aromatic carbocycles. The molecule has 0 spiro atoms. The SMILES string of the molecule is CCCCC[N+]1=C(C=CC2=C(Cl)C(=CC=C3N(CCCCS(=O)(=O)[O-])c4ccccc4C3(C)C)CCC2)C(C)(C)c2ccccc21.Nc1ccc(S)cc1. The number of nitrogen functional groups attached to an aromatic ring is 1. The molecular formula is C45H56ClN3O3S2. The molecule has 1 aliphatic carbocycles. The van der Waals surface area contributed by atoms with E-state index in [4.69, 9.17) is 17.3 Å². The summed E-state index contributed by atoms with van der Waals surface area (Å²) in [6.07, 6.45) is 16.4. The first-order chi connectivity index (χ1) is 25.6. The average Bonchev–Trinajstić information content (AvgIpc) is 3.48. The Bertz CT molecular complexity index is 2060. The molecule has 0 saturated heterocycles. The van der Waals surface area contributed by atoms with Crippen LogP contribution in [0.1, 0.15) is 97.1 Å². The van der Waals surface area contributed by atoms with Gasteiger partial charge in [0.1, 0.15) is 6.54 Å². The summed E-state index contributed by atoms with van der Waals surface area (Å²) in [6, 6.07) is 24.6. The van der Waals surface area contributed by atoms with Crippen molar-refractivity contribution in [1.29, 1.82) is 0 Å². The van der Waals surface area contributed by atoms with Crippen LogP contribution in [-0.2, 0) is 20.9 Å². The highest BCUT2D eigenvalue weighted by molar-refractivity contribution is 7.85. The van der Waals surface area contributed by atoms with E-state index < -0.39 is 10.1 Å². The van der Waals surface area contributed by atoms with Crippen LogP contribution in [0, 0.1) is 0 Å². The third-order valence-corrected chi connectivity index (χ3v) is 12.4. The lowest BCUT2D eigenvalue weighted by atomic mass is 9.81. The molecule has 2 N–H and O–H groups in total. The van der Waals surface area contributed by atoms with Gasteiger partial charge >= 0.3 is 0 Å². The fraction of sp³-hybridized carbons (Fsp3) is 0.400. The molecule has 0 amide bonds. The number of halogens is 1. The molecule has 0 atom stereocenters. The highest BCUT2D eigenvalue weighted by Gasteiger charge is 2.44. The number of nitrogens with zero attached hydrogens (tertiary/aromatic N) is 2. The van der Waals surface area contributed by atoms with Gasteiger partial charge in [-0.15, -0.1) is 12.6 Å². The Hall–Kier alpha value is -3.56. The number of fused-ring (bicyclic) bond motifs is 2. The lowest BCUT2D eigenvalue weighted by Crippen LogP contribution is -2.28. The molecule has 2 aliphatic heterocycles. The second-order valence-electron chi connectivity index (χ2n) is 15.5. The van der Waals surface area contributed by atoms with E-state index in [0.29, 0.717) is 19.4 Å². The normalized spacial score (nSPS) is 19.1. The number of unbranched alkanes of at least 4 members (excludes halogenated alkanes) is 3. The predicted octanol–water partition coefficient (Wildman–Crippen LogP) is 11.0. The molecule has 6 rings (SSSR count). The van der Waals surface area contributed by atoms with Crippen molar-refractivity contribution >= 4 is 57.1 Å². The Morgan fingerprint density at radius 2 is 1.56 bits per heavy atom. The van der Waals surface area contributed by atoms with Crippen LogP contribution in [0.3, 0.4) is 0 Å². The third-order valence-electron chi connectivity index (χ3n) is 10.8. The van der Waals surface area contributed by atoms with Crippen molar-refractivity contribution in [3.8, 4) is 0 Å². The molecule has 0 unspecified atom stereocenters. The number of benzene rings is 3. The number of hydrogen-bond donors (Lipinski definition) is 2. The molecular weight excluding hydrogens is 730 g/mol. The number of hydrogen-bond acceptors (Lipinski definition) is 6. The van der Waals surface area contributed by atoms with E-state index in [9.17, 15) is 13.0 Å². The second kappa shape index (κ2) is 17.9. The van der Waals surface area contributed by atoms with Crippen LogP contribution in [-0.4, -0.2) is 42.1 Å². The van der Waals surface area contributed by atoms with Crippen molar-refractivity contribution in [2.24, 2.45) is 0 Å². The van der Waals surface area contributed by atoms with Crippen LogP contribution in [0.25, 0.3) is 0 Å². The van der Waals surface area contributed by atoms with Crippen LogP contribution in [0.15, 0.2) is 124 Å². The summed E-state index contributed by atoms with van der Waals surface area (Å²) in [6.45, 7) is 13.0. The minimum absolute atomic E-state index is 0.0888. The molecule has 0 saturated carbocycles. The molecule has 2 heterocycles. The van der Waals surface area contributed by atoms with E-state index in [2.05, 4.69) is 123 Å². The zero-order valence-electron chi connectivity index (χ0n) is 32.4. The van der Waals surface area contributed by atoms with Crippen LogP contribution < -0.4 is 10.6 Å². The first-order valence-electron chi connectivity index (χ1n) is 19.2. The number of nitrogens with two attached hydrogens (primary N) is 1. The number of thiol groups is 1. The first-order valence-corrected chi connectivity index (χ1v) is 21.6. The summed E-state index contributed by atoms with van der Waals surface area (Å²) in [5.41, 5.74) is 15.7. The van der Waals surface area contributed by atoms with E-state index in [1.807, 2.05) is 30.3 Å². The van der Waals surface area contributed by atoms with E-state index >= 15 is 0 Å². The number of rotatable bonds is 12. The zero-order valence-corrected chi connectivity index (χ0v) is 34.9. The van der Waals surface area contributed by atoms with Crippen molar-refractivity contribution in [3.05, 3.63) is 130 Å². The molecule has 0 bridgehead atoms. The number of allylic oxidation sites excluding steroid dienone is 8. The highest BCUT2D eigenvalue weighted by Crippen LogP contribution is 2.48. The van der Waals surface area contributed by atoms with Gasteiger partial charge in [-0.1, -0.05) is 87.3 Å². The summed E-state index contributed by atoms with van der Waals surface area (Å²) < 4.78 is 36.1. The molecule has 288 valence electrons. The standard InChI is InChI=1S/C39H49ClN2O3S.C6H7NS/c1-6-7-12-26-41-33-20-10-8-18-31(33)38(2,3)35(41)24-22-29-16-15-17-30(37(29)40)23-25-36-39(4,5)32-19-9-11-21-34(32)42(36)27-13-14-28-46(43,44)45;7-5-1-3-6(8)4-2-5/h8-11,18-25H,6-7,12-17,26-28H2,1-5H3;1-4,8H,7H2. The molecule has 0 aromatic heterocycles. The van der Waals surface area contributed by atoms with Crippen molar-refractivity contribution in [3.63, 3.8) is 0 Å². The first kappa shape index (κ1) is 41.6. The molecule has 3 aromatic rings. The van der Waals surface area contributed by atoms with Crippen LogP contribution in [0.2, 0.25) is 0 Å². The summed E-state index contributed by atoms with van der Waals surface area (Å²) >= 11 is 11.2. The molecule has 0 fully saturated rings. The molecule has 9 heteroatoms. The summed E-state index contributed by atoms with van der Waals surface area (Å²) in [5, 5.41) is 0.839. The Morgan fingerprint density at radius 1 is 0.870 bits per heavy atom. The summed E-state index contributed by atoms with van der Waals surface area (Å²) in [4.78, 5) is 3.23. The molecule has 3 aliphatic rings. The van der Waals surface area contributed by atoms with Gasteiger partial charge < -0.3 is 15.2 Å². The van der Waals surface area contributed by atoms with Gasteiger partial charge in [0.2, 0.25) is 5.69 Å². The van der Waals surface area contributed by atoms with Crippen LogP contribution >= 0.6 is 24.2 Å². The third kappa shape index (κ3) is 9.81. The van der Waals surface area contributed by atoms with Crippen LogP contribution in [0.4, 0.5) is 17.1 Å². The summed E-state index contributed by atoms with van der Waals surface area (Å²) in [5.74, 6) is -0.329. The minimum Gasteiger partial charge on any atom is -0.748 e. The summed E-state index contributed by atoms with van der Waals surface area (Å²) in [7, 11) is -4.21. The van der Waals surface area contributed by atoms with Crippen molar-refractivity contribution < 1.29 is 17.5 Å². The van der Waals surface area contributed by atoms with Gasteiger partial charge in [-0.25, -0.2) is 8.42 Å². The van der Waals surface area contributed by atoms with Crippen molar-refractivity contribution in [1.82, 2.24) is 0 Å². The Balaban J connectivity index is 0.000000621.